The predicted octanol–water partition coefficient (Wildman–Crippen LogP) is 5.57. The lowest BCUT2D eigenvalue weighted by molar-refractivity contribution is 0.00146. The summed E-state index contributed by atoms with van der Waals surface area (Å²) in [5.74, 6) is 0.842. The summed E-state index contributed by atoms with van der Waals surface area (Å²) < 4.78 is 7.31. The van der Waals surface area contributed by atoms with Crippen LogP contribution >= 0.6 is 23.2 Å². The normalized spacial score (nSPS) is 16.3. The van der Waals surface area contributed by atoms with Crippen LogP contribution in [0.4, 0.5) is 10.7 Å². The largest absolute Gasteiger partial charge is 0.444 e. The number of rotatable bonds is 5. The van der Waals surface area contributed by atoms with E-state index in [1.54, 1.807) is 18.6 Å². The summed E-state index contributed by atoms with van der Waals surface area (Å²) in [7, 11) is 0. The molecular formula is C23H27Cl2N5O2. The molecule has 170 valence electrons. The number of hydrogen-bond acceptors (Lipinski definition) is 5. The highest BCUT2D eigenvalue weighted by molar-refractivity contribution is 6.43. The molecule has 32 heavy (non-hydrogen) atoms. The maximum Gasteiger partial charge on any atom is 0.405 e. The van der Waals surface area contributed by atoms with Gasteiger partial charge in [-0.2, -0.15) is 0 Å². The minimum atomic E-state index is -0.734. The van der Waals surface area contributed by atoms with E-state index in [2.05, 4.69) is 21.8 Å². The third-order valence-corrected chi connectivity index (χ3v) is 6.95. The number of hydrogen-bond donors (Lipinski definition) is 1. The zero-order chi connectivity index (χ0) is 23.1. The molecule has 1 aliphatic rings. The van der Waals surface area contributed by atoms with Crippen molar-refractivity contribution in [2.45, 2.75) is 45.6 Å². The Morgan fingerprint density at radius 3 is 2.62 bits per heavy atom. The van der Waals surface area contributed by atoms with Crippen LogP contribution in [0.5, 0.6) is 0 Å². The Hall–Kier alpha value is -2.51. The molecule has 7 nitrogen and oxygen atoms in total. The maximum atomic E-state index is 11.2. The first kappa shape index (κ1) is 22.7. The Kier molecular flexibility index (Phi) is 5.98. The third-order valence-electron chi connectivity index (χ3n) is 6.13. The Labute approximate surface area is 197 Å². The van der Waals surface area contributed by atoms with Crippen molar-refractivity contribution in [2.24, 2.45) is 11.1 Å². The third kappa shape index (κ3) is 4.50. The number of benzene rings is 1. The lowest BCUT2D eigenvalue weighted by atomic mass is 9.73. The van der Waals surface area contributed by atoms with E-state index in [1.807, 2.05) is 36.4 Å². The first-order valence-corrected chi connectivity index (χ1v) is 11.3. The van der Waals surface area contributed by atoms with Gasteiger partial charge in [0.15, 0.2) is 0 Å². The molecule has 0 spiro atoms. The van der Waals surface area contributed by atoms with Crippen LogP contribution in [0.25, 0.3) is 16.8 Å². The number of ether oxygens (including phenoxy) is 1. The molecule has 1 amide bonds. The predicted molar refractivity (Wildman–Crippen MR) is 127 cm³/mol. The molecule has 1 fully saturated rings. The van der Waals surface area contributed by atoms with E-state index in [9.17, 15) is 4.79 Å². The molecule has 2 aromatic heterocycles. The Bertz CT molecular complexity index is 1150. The van der Waals surface area contributed by atoms with Crippen molar-refractivity contribution in [3.05, 3.63) is 46.8 Å². The van der Waals surface area contributed by atoms with Gasteiger partial charge in [-0.05, 0) is 50.7 Å². The Morgan fingerprint density at radius 2 is 1.94 bits per heavy atom. The number of carbonyl (C=O) groups is 1. The number of amides is 1. The SMILES string of the molecule is CC1(CC(C)(C)OC(N)=O)CCN(c2nccc3c(-c4cccc(Cl)c4Cl)ncn23)CC1. The molecule has 0 bridgehead atoms. The Morgan fingerprint density at radius 1 is 1.22 bits per heavy atom. The van der Waals surface area contributed by atoms with Gasteiger partial charge >= 0.3 is 6.09 Å². The van der Waals surface area contributed by atoms with Crippen LogP contribution in [0.15, 0.2) is 36.8 Å². The highest BCUT2D eigenvalue weighted by Gasteiger charge is 2.38. The summed E-state index contributed by atoms with van der Waals surface area (Å²) >= 11 is 12.7. The zero-order valence-electron chi connectivity index (χ0n) is 18.4. The number of halogens is 2. The van der Waals surface area contributed by atoms with Gasteiger partial charge in [0.25, 0.3) is 0 Å². The number of nitrogens with zero attached hydrogens (tertiary/aromatic N) is 4. The first-order valence-electron chi connectivity index (χ1n) is 10.6. The number of imidazole rings is 1. The van der Waals surface area contributed by atoms with Gasteiger partial charge in [0.05, 0.1) is 21.3 Å². The zero-order valence-corrected chi connectivity index (χ0v) is 20.0. The van der Waals surface area contributed by atoms with Crippen LogP contribution < -0.4 is 10.6 Å². The van der Waals surface area contributed by atoms with E-state index in [0.29, 0.717) is 10.0 Å². The fourth-order valence-electron chi connectivity index (χ4n) is 4.80. The van der Waals surface area contributed by atoms with Gasteiger partial charge in [0.2, 0.25) is 5.95 Å². The second-order valence-corrected chi connectivity index (χ2v) is 10.1. The number of anilines is 1. The summed E-state index contributed by atoms with van der Waals surface area (Å²) in [6.45, 7) is 7.72. The smallest absolute Gasteiger partial charge is 0.405 e. The van der Waals surface area contributed by atoms with Gasteiger partial charge in [-0.1, -0.05) is 42.3 Å². The molecule has 3 heterocycles. The van der Waals surface area contributed by atoms with Crippen molar-refractivity contribution in [1.82, 2.24) is 14.4 Å². The highest BCUT2D eigenvalue weighted by Crippen LogP contribution is 2.41. The van der Waals surface area contributed by atoms with Crippen molar-refractivity contribution in [3.8, 4) is 11.3 Å². The molecule has 1 aromatic carbocycles. The lowest BCUT2D eigenvalue weighted by Crippen LogP contribution is -2.44. The minimum absolute atomic E-state index is 0.0394. The van der Waals surface area contributed by atoms with Crippen molar-refractivity contribution in [2.75, 3.05) is 18.0 Å². The summed E-state index contributed by atoms with van der Waals surface area (Å²) in [4.78, 5) is 22.8. The van der Waals surface area contributed by atoms with Crippen molar-refractivity contribution in [1.29, 1.82) is 0 Å². The molecule has 1 aliphatic heterocycles. The quantitative estimate of drug-likeness (QED) is 0.520. The average molecular weight is 476 g/mol. The molecule has 0 aliphatic carbocycles. The topological polar surface area (TPSA) is 85.8 Å². The number of aromatic nitrogens is 3. The Balaban J connectivity index is 1.57. The number of primary amides is 1. The van der Waals surface area contributed by atoms with Crippen molar-refractivity contribution in [3.63, 3.8) is 0 Å². The van der Waals surface area contributed by atoms with Gasteiger partial charge in [0, 0.05) is 24.8 Å². The fraction of sp³-hybridized carbons (Fsp3) is 0.435. The van der Waals surface area contributed by atoms with Gasteiger partial charge in [0.1, 0.15) is 11.9 Å². The summed E-state index contributed by atoms with van der Waals surface area (Å²) in [5.41, 5.74) is 7.16. The highest BCUT2D eigenvalue weighted by atomic mass is 35.5. The van der Waals surface area contributed by atoms with E-state index in [-0.39, 0.29) is 5.41 Å². The van der Waals surface area contributed by atoms with E-state index < -0.39 is 11.7 Å². The molecular weight excluding hydrogens is 449 g/mol. The van der Waals surface area contributed by atoms with Crippen LogP contribution in [-0.4, -0.2) is 39.2 Å². The van der Waals surface area contributed by atoms with E-state index >= 15 is 0 Å². The minimum Gasteiger partial charge on any atom is -0.444 e. The molecule has 0 unspecified atom stereocenters. The molecule has 3 aromatic rings. The summed E-state index contributed by atoms with van der Waals surface area (Å²) in [5, 5.41) is 0.987. The van der Waals surface area contributed by atoms with Crippen LogP contribution in [0, 0.1) is 5.41 Å². The maximum absolute atomic E-state index is 11.2. The molecule has 9 heteroatoms. The van der Waals surface area contributed by atoms with Crippen LogP contribution in [0.2, 0.25) is 10.0 Å². The van der Waals surface area contributed by atoms with E-state index in [1.165, 1.54) is 0 Å². The molecule has 0 saturated carbocycles. The number of nitrogens with two attached hydrogens (primary N) is 1. The van der Waals surface area contributed by atoms with E-state index in [0.717, 1.165) is 55.1 Å². The number of piperidine rings is 1. The fourth-order valence-corrected chi connectivity index (χ4v) is 5.19. The van der Waals surface area contributed by atoms with Gasteiger partial charge in [-0.15, -0.1) is 0 Å². The van der Waals surface area contributed by atoms with Crippen LogP contribution in [-0.2, 0) is 4.74 Å². The van der Waals surface area contributed by atoms with Crippen molar-refractivity contribution < 1.29 is 9.53 Å². The second kappa shape index (κ2) is 8.45. The first-order chi connectivity index (χ1) is 15.1. The molecule has 0 atom stereocenters. The van der Waals surface area contributed by atoms with E-state index in [4.69, 9.17) is 33.7 Å². The molecule has 4 rings (SSSR count). The monoisotopic (exact) mass is 475 g/mol. The number of fused-ring (bicyclic) bond motifs is 1. The number of carbonyl (C=O) groups excluding carboxylic acids is 1. The lowest BCUT2D eigenvalue weighted by Gasteiger charge is -2.43. The molecule has 1 saturated heterocycles. The summed E-state index contributed by atoms with van der Waals surface area (Å²) in [6, 6.07) is 7.48. The second-order valence-electron chi connectivity index (χ2n) is 9.35. The standard InChI is InChI=1S/C23H27Cl2N5O2/c1-22(2,32-20(26)31)13-23(3)8-11-29(12-9-23)21-27-10-7-17-19(28-14-30(17)21)15-5-4-6-16(24)18(15)25/h4-7,10,14H,8-9,11-13H2,1-3H3,(H2,26,31). The van der Waals surface area contributed by atoms with Gasteiger partial charge in [-0.3, -0.25) is 4.40 Å². The molecule has 0 radical (unpaired) electrons. The van der Waals surface area contributed by atoms with Gasteiger partial charge < -0.3 is 15.4 Å². The summed E-state index contributed by atoms with van der Waals surface area (Å²) in [6.07, 6.45) is 5.48. The average Bonchev–Trinajstić information content (AvgIpc) is 3.13. The van der Waals surface area contributed by atoms with Gasteiger partial charge in [-0.25, -0.2) is 14.8 Å². The van der Waals surface area contributed by atoms with Crippen LogP contribution in [0.3, 0.4) is 0 Å². The van der Waals surface area contributed by atoms with Crippen LogP contribution in [0.1, 0.15) is 40.0 Å². The molecule has 2 N–H and O–H groups in total. The van der Waals surface area contributed by atoms with Crippen molar-refractivity contribution >= 4 is 40.8 Å².